The first-order valence-corrected chi connectivity index (χ1v) is 12.4. The molecule has 3 aromatic carbocycles. The number of hydrogen-bond donors (Lipinski definition) is 2. The maximum atomic E-state index is 13.8. The Balaban J connectivity index is 1.31. The Labute approximate surface area is 214 Å². The van der Waals surface area contributed by atoms with Crippen LogP contribution in [0.5, 0.6) is 5.75 Å². The number of carboxylic acid groups (broad SMARTS) is 1. The first-order valence-electron chi connectivity index (χ1n) is 12.4. The van der Waals surface area contributed by atoms with Gasteiger partial charge < -0.3 is 19.9 Å². The minimum Gasteiger partial charge on any atom is -0.489 e. The highest BCUT2D eigenvalue weighted by Gasteiger charge is 2.36. The molecule has 6 rings (SSSR count). The molecule has 2 bridgehead atoms. The fraction of sp³-hybridized carbons (Fsp3) is 0.310. The third-order valence-electron chi connectivity index (χ3n) is 7.05. The summed E-state index contributed by atoms with van der Waals surface area (Å²) in [6.45, 7) is 2.91. The van der Waals surface area contributed by atoms with Gasteiger partial charge in [0.05, 0.1) is 11.6 Å². The number of alkyl carbamates (subject to hydrolysis) is 1. The first kappa shape index (κ1) is 24.8. The number of piperidine rings is 3. The van der Waals surface area contributed by atoms with Gasteiger partial charge in [-0.1, -0.05) is 42.5 Å². The van der Waals surface area contributed by atoms with E-state index < -0.39 is 23.9 Å². The zero-order chi connectivity index (χ0) is 25.8. The van der Waals surface area contributed by atoms with E-state index in [-0.39, 0.29) is 18.3 Å². The van der Waals surface area contributed by atoms with Gasteiger partial charge in [-0.3, -0.25) is 4.90 Å². The molecular formula is C29H29FN2O5. The molecule has 0 spiro atoms. The van der Waals surface area contributed by atoms with Gasteiger partial charge in [-0.2, -0.15) is 0 Å². The molecule has 3 fully saturated rings. The zero-order valence-electron chi connectivity index (χ0n) is 20.3. The summed E-state index contributed by atoms with van der Waals surface area (Å²) in [6.07, 6.45) is 1.55. The summed E-state index contributed by atoms with van der Waals surface area (Å²) in [6, 6.07) is 20.0. The number of carbonyl (C=O) groups excluding carboxylic acids is 1. The lowest BCUT2D eigenvalue weighted by molar-refractivity contribution is -0.0336. The lowest BCUT2D eigenvalue weighted by atomic mass is 9.86. The molecule has 2 N–H and O–H groups in total. The third kappa shape index (κ3) is 6.09. The van der Waals surface area contributed by atoms with Crippen LogP contribution in [-0.4, -0.2) is 47.8 Å². The number of ether oxygens (including phenoxy) is 2. The van der Waals surface area contributed by atoms with Gasteiger partial charge in [-0.05, 0) is 78.9 Å². The molecule has 3 saturated heterocycles. The molecule has 3 aromatic rings. The predicted molar refractivity (Wildman–Crippen MR) is 135 cm³/mol. The molecule has 0 aromatic heterocycles. The number of halogens is 1. The Hall–Kier alpha value is -3.91. The van der Waals surface area contributed by atoms with Crippen LogP contribution in [0.3, 0.4) is 0 Å². The molecule has 1 unspecified atom stereocenters. The van der Waals surface area contributed by atoms with Gasteiger partial charge >= 0.3 is 12.1 Å². The average molecular weight is 505 g/mol. The lowest BCUT2D eigenvalue weighted by Crippen LogP contribution is -2.52. The number of nitrogens with zero attached hydrogens (tertiary/aromatic N) is 1. The van der Waals surface area contributed by atoms with Crippen molar-refractivity contribution >= 4 is 12.1 Å². The van der Waals surface area contributed by atoms with Crippen LogP contribution in [0.2, 0.25) is 0 Å². The topological polar surface area (TPSA) is 88.1 Å². The van der Waals surface area contributed by atoms with Crippen molar-refractivity contribution in [2.45, 2.75) is 31.6 Å². The van der Waals surface area contributed by atoms with E-state index >= 15 is 0 Å². The molecule has 1 amide bonds. The van der Waals surface area contributed by atoms with Crippen molar-refractivity contribution in [3.05, 3.63) is 101 Å². The molecule has 192 valence electrons. The summed E-state index contributed by atoms with van der Waals surface area (Å²) < 4.78 is 25.6. The van der Waals surface area contributed by atoms with E-state index in [9.17, 15) is 19.1 Å². The molecule has 3 aliphatic rings. The first-order chi connectivity index (χ1) is 17.9. The number of benzene rings is 3. The van der Waals surface area contributed by atoms with E-state index in [0.717, 1.165) is 49.7 Å². The van der Waals surface area contributed by atoms with E-state index in [4.69, 9.17) is 9.47 Å². The van der Waals surface area contributed by atoms with Crippen molar-refractivity contribution < 1.29 is 28.6 Å². The summed E-state index contributed by atoms with van der Waals surface area (Å²) in [7, 11) is 0. The van der Waals surface area contributed by atoms with Gasteiger partial charge in [-0.15, -0.1) is 0 Å². The second-order valence-electron chi connectivity index (χ2n) is 9.58. The van der Waals surface area contributed by atoms with Crippen LogP contribution in [0.1, 0.15) is 45.9 Å². The molecule has 37 heavy (non-hydrogen) atoms. The Bertz CT molecular complexity index is 1260. The summed E-state index contributed by atoms with van der Waals surface area (Å²) in [5, 5.41) is 12.2. The number of aromatic carboxylic acids is 1. The summed E-state index contributed by atoms with van der Waals surface area (Å²) >= 11 is 0. The minimum absolute atomic E-state index is 0.00741. The maximum Gasteiger partial charge on any atom is 0.408 e. The molecule has 3 aliphatic heterocycles. The number of hydrogen-bond acceptors (Lipinski definition) is 5. The van der Waals surface area contributed by atoms with E-state index in [1.54, 1.807) is 6.07 Å². The van der Waals surface area contributed by atoms with Crippen molar-refractivity contribution in [2.75, 3.05) is 19.6 Å². The van der Waals surface area contributed by atoms with Crippen LogP contribution in [-0.2, 0) is 11.3 Å². The van der Waals surface area contributed by atoms with Gasteiger partial charge in [0, 0.05) is 6.54 Å². The van der Waals surface area contributed by atoms with Gasteiger partial charge in [0.1, 0.15) is 24.3 Å². The fourth-order valence-electron chi connectivity index (χ4n) is 5.15. The summed E-state index contributed by atoms with van der Waals surface area (Å²) in [5.74, 6) is -0.925. The number of carboxylic acids is 1. The molecule has 3 heterocycles. The largest absolute Gasteiger partial charge is 0.489 e. The second-order valence-corrected chi connectivity index (χ2v) is 9.58. The highest BCUT2D eigenvalue weighted by molar-refractivity contribution is 5.87. The van der Waals surface area contributed by atoms with Crippen molar-refractivity contribution in [1.29, 1.82) is 0 Å². The molecule has 0 aliphatic carbocycles. The van der Waals surface area contributed by atoms with Crippen LogP contribution in [0, 0.1) is 11.7 Å². The Morgan fingerprint density at radius 3 is 2.46 bits per heavy atom. The molecule has 8 heteroatoms. The molecular weight excluding hydrogens is 475 g/mol. The highest BCUT2D eigenvalue weighted by atomic mass is 19.1. The van der Waals surface area contributed by atoms with Crippen molar-refractivity contribution in [2.24, 2.45) is 5.92 Å². The van der Waals surface area contributed by atoms with E-state index in [2.05, 4.69) is 10.2 Å². The number of nitrogens with one attached hydrogen (secondary N) is 1. The van der Waals surface area contributed by atoms with E-state index in [1.807, 2.05) is 48.5 Å². The van der Waals surface area contributed by atoms with E-state index in [1.165, 1.54) is 12.1 Å². The molecule has 0 radical (unpaired) electrons. The zero-order valence-corrected chi connectivity index (χ0v) is 20.3. The minimum atomic E-state index is -1.20. The Morgan fingerprint density at radius 1 is 1.00 bits per heavy atom. The van der Waals surface area contributed by atoms with Gasteiger partial charge in [-0.25, -0.2) is 14.0 Å². The highest BCUT2D eigenvalue weighted by Crippen LogP contribution is 2.30. The smallest absolute Gasteiger partial charge is 0.408 e. The van der Waals surface area contributed by atoms with Crippen molar-refractivity contribution in [1.82, 2.24) is 10.2 Å². The number of amides is 1. The van der Waals surface area contributed by atoms with Gasteiger partial charge in [0.2, 0.25) is 0 Å². The number of carbonyl (C=O) groups is 2. The van der Waals surface area contributed by atoms with Crippen LogP contribution in [0.15, 0.2) is 72.8 Å². The summed E-state index contributed by atoms with van der Waals surface area (Å²) in [4.78, 5) is 26.6. The number of rotatable bonds is 8. The van der Waals surface area contributed by atoms with Crippen LogP contribution in [0.4, 0.5) is 9.18 Å². The standard InChI is InChI=1S/C29H29FN2O5/c30-24-14-19(13-23(15-24)28(33)34)18-36-25-8-4-7-22(16-25)27(21-5-2-1-3-6-21)31-29(35)37-26-17-32-11-9-20(26)10-12-32/h1-8,13-16,20,26-27H,9-12,17-18H2,(H,31,35)(H,33,34)/t26?,27-/m0/s1. The molecule has 2 atom stereocenters. The Morgan fingerprint density at radius 2 is 1.76 bits per heavy atom. The second kappa shape index (κ2) is 11.0. The lowest BCUT2D eigenvalue weighted by Gasteiger charge is -2.43. The van der Waals surface area contributed by atoms with Crippen molar-refractivity contribution in [3.63, 3.8) is 0 Å². The Kier molecular flexibility index (Phi) is 7.37. The third-order valence-corrected chi connectivity index (χ3v) is 7.05. The van der Waals surface area contributed by atoms with Crippen LogP contribution in [0.25, 0.3) is 0 Å². The van der Waals surface area contributed by atoms with Crippen LogP contribution >= 0.6 is 0 Å². The summed E-state index contributed by atoms with van der Waals surface area (Å²) in [5.41, 5.74) is 1.95. The monoisotopic (exact) mass is 504 g/mol. The average Bonchev–Trinajstić information content (AvgIpc) is 2.91. The fourth-order valence-corrected chi connectivity index (χ4v) is 5.15. The van der Waals surface area contributed by atoms with Crippen molar-refractivity contribution in [3.8, 4) is 5.75 Å². The number of fused-ring (bicyclic) bond motifs is 3. The van der Waals surface area contributed by atoms with Crippen LogP contribution < -0.4 is 10.1 Å². The maximum absolute atomic E-state index is 13.8. The van der Waals surface area contributed by atoms with Gasteiger partial charge in [0.15, 0.2) is 0 Å². The molecule has 7 nitrogen and oxygen atoms in total. The SMILES string of the molecule is O=C(N[C@@H](c1ccccc1)c1cccc(OCc2cc(F)cc(C(=O)O)c2)c1)OC1CN2CCC1CC2. The predicted octanol–water partition coefficient (Wildman–Crippen LogP) is 5.01. The molecule has 0 saturated carbocycles. The van der Waals surface area contributed by atoms with Gasteiger partial charge in [0.25, 0.3) is 0 Å². The van der Waals surface area contributed by atoms with E-state index in [0.29, 0.717) is 17.2 Å². The normalized spacial score (nSPS) is 21.2. The quantitative estimate of drug-likeness (QED) is 0.448.